The van der Waals surface area contributed by atoms with E-state index in [4.69, 9.17) is 5.73 Å². The lowest BCUT2D eigenvalue weighted by Crippen LogP contribution is -2.58. The van der Waals surface area contributed by atoms with Gasteiger partial charge in [0, 0.05) is 18.5 Å². The number of hydrogen-bond acceptors (Lipinski definition) is 3. The molecule has 0 aromatic carbocycles. The van der Waals surface area contributed by atoms with Crippen LogP contribution in [0.4, 0.5) is 0 Å². The van der Waals surface area contributed by atoms with E-state index < -0.39 is 6.04 Å². The third-order valence-corrected chi connectivity index (χ3v) is 6.20. The summed E-state index contributed by atoms with van der Waals surface area (Å²) in [5.74, 6) is 2.29. The number of carbonyl (C=O) groups excluding carboxylic acids is 2. The van der Waals surface area contributed by atoms with Crippen LogP contribution in [0.25, 0.3) is 0 Å². The van der Waals surface area contributed by atoms with Crippen molar-refractivity contribution < 1.29 is 9.59 Å². The topological polar surface area (TPSA) is 84.2 Å². The minimum Gasteiger partial charge on any atom is -0.353 e. The van der Waals surface area contributed by atoms with Crippen molar-refractivity contribution in [2.75, 3.05) is 13.1 Å². The first-order valence-electron chi connectivity index (χ1n) is 9.22. The first-order valence-corrected chi connectivity index (χ1v) is 9.22. The normalized spacial score (nSPS) is 34.6. The van der Waals surface area contributed by atoms with Crippen LogP contribution in [0.15, 0.2) is 0 Å². The molecule has 5 nitrogen and oxygen atoms in total. The summed E-state index contributed by atoms with van der Waals surface area (Å²) in [5, 5.41) is 5.90. The third kappa shape index (κ3) is 3.72. The summed E-state index contributed by atoms with van der Waals surface area (Å²) in [4.78, 5) is 25.4. The fourth-order valence-corrected chi connectivity index (χ4v) is 5.52. The van der Waals surface area contributed by atoms with Gasteiger partial charge in [-0.15, -0.1) is 12.4 Å². The van der Waals surface area contributed by atoms with E-state index in [0.29, 0.717) is 13.1 Å². The molecule has 0 aliphatic heterocycles. The molecule has 1 unspecified atom stereocenters. The molecule has 4 saturated carbocycles. The van der Waals surface area contributed by atoms with Crippen molar-refractivity contribution in [3.63, 3.8) is 0 Å². The van der Waals surface area contributed by atoms with Crippen LogP contribution in [0.5, 0.6) is 0 Å². The Labute approximate surface area is 151 Å². The number of rotatable bonds is 6. The van der Waals surface area contributed by atoms with Crippen molar-refractivity contribution in [1.82, 2.24) is 10.6 Å². The molecule has 4 fully saturated rings. The molecule has 2 amide bonds. The van der Waals surface area contributed by atoms with E-state index >= 15 is 0 Å². The minimum atomic E-state index is -0.456. The van der Waals surface area contributed by atoms with Gasteiger partial charge in [0.15, 0.2) is 0 Å². The molecule has 4 bridgehead atoms. The van der Waals surface area contributed by atoms with E-state index in [-0.39, 0.29) is 35.6 Å². The van der Waals surface area contributed by atoms with Crippen molar-refractivity contribution in [2.24, 2.45) is 34.8 Å². The van der Waals surface area contributed by atoms with E-state index in [0.717, 1.165) is 37.0 Å². The molecule has 0 saturated heterocycles. The standard InChI is InChI=1S/C18H31N3O2.ClH/c1-11(2)15(16(22)20-4-3-19)21-17(23)18-8-12-5-13(9-18)7-14(6-12)10-18;/h11-15H,3-10,19H2,1-2H3,(H,20,22)(H,21,23);1H. The van der Waals surface area contributed by atoms with Crippen LogP contribution < -0.4 is 16.4 Å². The number of carbonyl (C=O) groups is 2. The Hall–Kier alpha value is -0.810. The van der Waals surface area contributed by atoms with Gasteiger partial charge in [0.05, 0.1) is 0 Å². The Balaban J connectivity index is 0.00000208. The van der Waals surface area contributed by atoms with E-state index in [2.05, 4.69) is 10.6 Å². The van der Waals surface area contributed by atoms with Gasteiger partial charge in [-0.3, -0.25) is 9.59 Å². The molecule has 4 aliphatic rings. The van der Waals surface area contributed by atoms with Gasteiger partial charge in [0.25, 0.3) is 0 Å². The third-order valence-electron chi connectivity index (χ3n) is 6.20. The molecule has 4 aliphatic carbocycles. The smallest absolute Gasteiger partial charge is 0.242 e. The van der Waals surface area contributed by atoms with Crippen molar-refractivity contribution >= 4 is 24.2 Å². The predicted molar refractivity (Wildman–Crippen MR) is 96.7 cm³/mol. The molecular weight excluding hydrogens is 326 g/mol. The van der Waals surface area contributed by atoms with Crippen LogP contribution in [0.3, 0.4) is 0 Å². The lowest BCUT2D eigenvalue weighted by molar-refractivity contribution is -0.149. The highest BCUT2D eigenvalue weighted by atomic mass is 35.5. The van der Waals surface area contributed by atoms with Crippen LogP contribution in [0, 0.1) is 29.1 Å². The van der Waals surface area contributed by atoms with Crippen molar-refractivity contribution in [3.05, 3.63) is 0 Å². The van der Waals surface area contributed by atoms with Gasteiger partial charge in [-0.2, -0.15) is 0 Å². The minimum absolute atomic E-state index is 0. The molecule has 0 radical (unpaired) electrons. The highest BCUT2D eigenvalue weighted by Gasteiger charge is 2.55. The largest absolute Gasteiger partial charge is 0.353 e. The highest BCUT2D eigenvalue weighted by molar-refractivity contribution is 5.90. The maximum absolute atomic E-state index is 13.1. The molecule has 1 atom stereocenters. The maximum Gasteiger partial charge on any atom is 0.242 e. The fourth-order valence-electron chi connectivity index (χ4n) is 5.52. The molecule has 4 N–H and O–H groups in total. The van der Waals surface area contributed by atoms with E-state index in [1.807, 2.05) is 13.8 Å². The number of amides is 2. The average molecular weight is 358 g/mol. The Bertz CT molecular complexity index is 446. The van der Waals surface area contributed by atoms with Crippen LogP contribution in [-0.4, -0.2) is 30.9 Å². The van der Waals surface area contributed by atoms with Crippen molar-refractivity contribution in [3.8, 4) is 0 Å². The highest BCUT2D eigenvalue weighted by Crippen LogP contribution is 2.60. The van der Waals surface area contributed by atoms with Crippen molar-refractivity contribution in [1.29, 1.82) is 0 Å². The number of halogens is 1. The number of hydrogen-bond donors (Lipinski definition) is 3. The molecule has 0 spiro atoms. The summed E-state index contributed by atoms with van der Waals surface area (Å²) in [6.07, 6.45) is 7.03. The van der Waals surface area contributed by atoms with E-state index in [9.17, 15) is 9.59 Å². The van der Waals surface area contributed by atoms with Gasteiger partial charge in [0.2, 0.25) is 11.8 Å². The summed E-state index contributed by atoms with van der Waals surface area (Å²) in [6.45, 7) is 4.83. The van der Waals surface area contributed by atoms with Gasteiger partial charge < -0.3 is 16.4 Å². The predicted octanol–water partition coefficient (Wildman–Crippen LogP) is 1.84. The monoisotopic (exact) mass is 357 g/mol. The lowest BCUT2D eigenvalue weighted by Gasteiger charge is -2.55. The Morgan fingerprint density at radius 2 is 1.58 bits per heavy atom. The Morgan fingerprint density at radius 3 is 2.00 bits per heavy atom. The Kier molecular flexibility index (Phi) is 6.19. The molecule has 138 valence electrons. The van der Waals surface area contributed by atoms with Gasteiger partial charge in [-0.25, -0.2) is 0 Å². The van der Waals surface area contributed by atoms with Gasteiger partial charge in [-0.05, 0) is 62.2 Å². The maximum atomic E-state index is 13.1. The SMILES string of the molecule is CC(C)C(NC(=O)C12CC3CC(CC(C3)C1)C2)C(=O)NCCN.Cl. The van der Waals surface area contributed by atoms with Gasteiger partial charge >= 0.3 is 0 Å². The lowest BCUT2D eigenvalue weighted by atomic mass is 9.49. The Morgan fingerprint density at radius 1 is 1.08 bits per heavy atom. The van der Waals surface area contributed by atoms with Crippen LogP contribution in [-0.2, 0) is 9.59 Å². The van der Waals surface area contributed by atoms with Gasteiger partial charge in [-0.1, -0.05) is 13.8 Å². The summed E-state index contributed by atoms with van der Waals surface area (Å²) >= 11 is 0. The van der Waals surface area contributed by atoms with Gasteiger partial charge in [0.1, 0.15) is 6.04 Å². The zero-order valence-corrected chi connectivity index (χ0v) is 15.7. The van der Waals surface area contributed by atoms with Crippen molar-refractivity contribution in [2.45, 2.75) is 58.4 Å². The zero-order valence-electron chi connectivity index (χ0n) is 14.8. The molecule has 0 aromatic rings. The number of nitrogens with two attached hydrogens (primary N) is 1. The fraction of sp³-hybridized carbons (Fsp3) is 0.889. The van der Waals surface area contributed by atoms with Crippen LogP contribution in [0.1, 0.15) is 52.4 Å². The summed E-state index contributed by atoms with van der Waals surface area (Å²) in [6, 6.07) is -0.456. The molecular formula is C18H32ClN3O2. The molecule has 24 heavy (non-hydrogen) atoms. The second-order valence-electron chi connectivity index (χ2n) is 8.47. The summed E-state index contributed by atoms with van der Waals surface area (Å²) < 4.78 is 0. The number of nitrogens with one attached hydrogen (secondary N) is 2. The second-order valence-corrected chi connectivity index (χ2v) is 8.47. The quantitative estimate of drug-likeness (QED) is 0.678. The summed E-state index contributed by atoms with van der Waals surface area (Å²) in [5.41, 5.74) is 5.26. The molecule has 0 aromatic heterocycles. The zero-order chi connectivity index (χ0) is 16.6. The average Bonchev–Trinajstić information content (AvgIpc) is 2.48. The van der Waals surface area contributed by atoms with Crippen LogP contribution >= 0.6 is 12.4 Å². The molecule has 0 heterocycles. The van der Waals surface area contributed by atoms with E-state index in [1.165, 1.54) is 19.3 Å². The first kappa shape index (κ1) is 19.5. The summed E-state index contributed by atoms with van der Waals surface area (Å²) in [7, 11) is 0. The molecule has 4 rings (SSSR count). The molecule has 6 heteroatoms. The second kappa shape index (κ2) is 7.61. The first-order chi connectivity index (χ1) is 10.9. The van der Waals surface area contributed by atoms with Crippen LogP contribution in [0.2, 0.25) is 0 Å². The van der Waals surface area contributed by atoms with E-state index in [1.54, 1.807) is 0 Å².